The number of halogens is 1. The van der Waals surface area contributed by atoms with Gasteiger partial charge in [0.2, 0.25) is 0 Å². The molecule has 2 rings (SSSR count). The number of benzene rings is 1. The summed E-state index contributed by atoms with van der Waals surface area (Å²) in [7, 11) is 3.45. The van der Waals surface area contributed by atoms with Gasteiger partial charge in [-0.3, -0.25) is 4.99 Å². The maximum absolute atomic E-state index is 5.76. The largest absolute Gasteiger partial charge is 0.493 e. The van der Waals surface area contributed by atoms with Crippen LogP contribution in [0.4, 0.5) is 0 Å². The predicted molar refractivity (Wildman–Crippen MR) is 127 cm³/mol. The molecule has 1 saturated heterocycles. The molecule has 0 spiro atoms. The number of rotatable bonds is 12. The zero-order chi connectivity index (χ0) is 20.0. The first-order valence-electron chi connectivity index (χ1n) is 10.2. The van der Waals surface area contributed by atoms with E-state index in [9.17, 15) is 0 Å². The number of hydrogen-bond donors (Lipinski definition) is 2. The monoisotopic (exact) mass is 521 g/mol. The molecule has 2 N–H and O–H groups in total. The van der Waals surface area contributed by atoms with Gasteiger partial charge in [-0.25, -0.2) is 0 Å². The van der Waals surface area contributed by atoms with Gasteiger partial charge in [0, 0.05) is 33.4 Å². The van der Waals surface area contributed by atoms with Crippen molar-refractivity contribution in [1.29, 1.82) is 0 Å². The van der Waals surface area contributed by atoms with E-state index >= 15 is 0 Å². The van der Waals surface area contributed by atoms with Gasteiger partial charge in [0.25, 0.3) is 0 Å². The number of methoxy groups -OCH3 is 1. The van der Waals surface area contributed by atoms with Gasteiger partial charge in [-0.15, -0.1) is 24.0 Å². The van der Waals surface area contributed by atoms with Crippen LogP contribution in [-0.2, 0) is 15.9 Å². The summed E-state index contributed by atoms with van der Waals surface area (Å²) in [5.41, 5.74) is 1.24. The smallest absolute Gasteiger partial charge is 0.190 e. The Bertz CT molecular complexity index is 595. The van der Waals surface area contributed by atoms with Crippen molar-refractivity contribution in [3.63, 3.8) is 0 Å². The molecule has 0 amide bonds. The van der Waals surface area contributed by atoms with Gasteiger partial charge in [0.15, 0.2) is 17.5 Å². The zero-order valence-electron chi connectivity index (χ0n) is 17.9. The van der Waals surface area contributed by atoms with Crippen molar-refractivity contribution in [3.05, 3.63) is 23.8 Å². The minimum atomic E-state index is 0. The summed E-state index contributed by atoms with van der Waals surface area (Å²) < 4.78 is 22.0. The van der Waals surface area contributed by atoms with Crippen molar-refractivity contribution in [2.45, 2.75) is 38.7 Å². The second-order valence-corrected chi connectivity index (χ2v) is 6.66. The van der Waals surface area contributed by atoms with Crippen molar-refractivity contribution >= 4 is 29.9 Å². The Kier molecular flexibility index (Phi) is 13.8. The van der Waals surface area contributed by atoms with Gasteiger partial charge in [-0.2, -0.15) is 0 Å². The van der Waals surface area contributed by atoms with Crippen molar-refractivity contribution < 1.29 is 18.9 Å². The second-order valence-electron chi connectivity index (χ2n) is 6.66. The molecule has 0 aromatic heterocycles. The third-order valence-corrected chi connectivity index (χ3v) is 4.54. The number of aliphatic imine (C=N–C) groups is 1. The standard InChI is InChI=1S/C21H35N3O4.HI/c1-4-27-20-15-17(8-9-19(20)25-3)7-5-11-23-21(22-2)24-12-6-13-28-18-10-14-26-16-18;/h8-9,15,18H,4-7,10-14,16H2,1-3H3,(H2,22,23,24);1H. The Labute approximate surface area is 191 Å². The first kappa shape index (κ1) is 25.8. The zero-order valence-corrected chi connectivity index (χ0v) is 20.2. The molecule has 1 unspecified atom stereocenters. The Balaban J connectivity index is 0.00000420. The van der Waals surface area contributed by atoms with E-state index in [2.05, 4.69) is 27.8 Å². The molecular weight excluding hydrogens is 485 g/mol. The van der Waals surface area contributed by atoms with Crippen LogP contribution in [0, 0.1) is 0 Å². The van der Waals surface area contributed by atoms with Crippen LogP contribution < -0.4 is 20.1 Å². The number of ether oxygens (including phenoxy) is 4. The van der Waals surface area contributed by atoms with E-state index in [1.54, 1.807) is 14.2 Å². The lowest BCUT2D eigenvalue weighted by molar-refractivity contribution is 0.0420. The Morgan fingerprint density at radius 1 is 1.21 bits per heavy atom. The minimum absolute atomic E-state index is 0. The summed E-state index contributed by atoms with van der Waals surface area (Å²) in [5.74, 6) is 2.41. The van der Waals surface area contributed by atoms with E-state index < -0.39 is 0 Å². The highest BCUT2D eigenvalue weighted by atomic mass is 127. The van der Waals surface area contributed by atoms with E-state index in [-0.39, 0.29) is 30.1 Å². The number of aryl methyl sites for hydroxylation is 1. The molecule has 0 bridgehead atoms. The molecule has 1 heterocycles. The molecule has 1 aromatic carbocycles. The third kappa shape index (κ3) is 9.86. The first-order valence-corrected chi connectivity index (χ1v) is 10.2. The van der Waals surface area contributed by atoms with Gasteiger partial charge >= 0.3 is 0 Å². The van der Waals surface area contributed by atoms with Gasteiger partial charge in [-0.1, -0.05) is 6.07 Å². The summed E-state index contributed by atoms with van der Waals surface area (Å²) in [6, 6.07) is 6.11. The molecule has 29 heavy (non-hydrogen) atoms. The highest BCUT2D eigenvalue weighted by Crippen LogP contribution is 2.28. The quantitative estimate of drug-likeness (QED) is 0.191. The van der Waals surface area contributed by atoms with Gasteiger partial charge in [-0.05, 0) is 50.3 Å². The Morgan fingerprint density at radius 2 is 2.00 bits per heavy atom. The second kappa shape index (κ2) is 15.6. The van der Waals surface area contributed by atoms with Crippen LogP contribution in [0.15, 0.2) is 23.2 Å². The summed E-state index contributed by atoms with van der Waals surface area (Å²) in [6.45, 7) is 6.60. The molecule has 1 aromatic rings. The SMILES string of the molecule is CCOc1cc(CCCNC(=NC)NCCCOC2CCOC2)ccc1OC.I. The van der Waals surface area contributed by atoms with E-state index in [1.807, 2.05) is 13.0 Å². The molecule has 1 fully saturated rings. The normalized spacial score (nSPS) is 16.2. The van der Waals surface area contributed by atoms with Crippen molar-refractivity contribution in [1.82, 2.24) is 10.6 Å². The van der Waals surface area contributed by atoms with Crippen LogP contribution in [0.25, 0.3) is 0 Å². The molecule has 0 aliphatic carbocycles. The fourth-order valence-electron chi connectivity index (χ4n) is 3.04. The van der Waals surface area contributed by atoms with E-state index in [0.29, 0.717) is 6.61 Å². The lowest BCUT2D eigenvalue weighted by atomic mass is 10.1. The molecule has 1 aliphatic rings. The molecule has 1 atom stereocenters. The molecule has 7 nitrogen and oxygen atoms in total. The highest BCUT2D eigenvalue weighted by Gasteiger charge is 2.15. The highest BCUT2D eigenvalue weighted by molar-refractivity contribution is 14.0. The number of hydrogen-bond acceptors (Lipinski definition) is 5. The maximum Gasteiger partial charge on any atom is 0.190 e. The van der Waals surface area contributed by atoms with Gasteiger partial charge < -0.3 is 29.6 Å². The summed E-state index contributed by atoms with van der Waals surface area (Å²) in [6.07, 6.45) is 4.20. The van der Waals surface area contributed by atoms with Crippen LogP contribution in [0.3, 0.4) is 0 Å². The van der Waals surface area contributed by atoms with Crippen LogP contribution >= 0.6 is 24.0 Å². The fraction of sp³-hybridized carbons (Fsp3) is 0.667. The number of nitrogens with zero attached hydrogens (tertiary/aromatic N) is 1. The van der Waals surface area contributed by atoms with Crippen LogP contribution in [0.5, 0.6) is 11.5 Å². The first-order chi connectivity index (χ1) is 13.8. The van der Waals surface area contributed by atoms with Crippen molar-refractivity contribution in [2.75, 3.05) is 53.7 Å². The van der Waals surface area contributed by atoms with Crippen LogP contribution in [0.1, 0.15) is 31.7 Å². The van der Waals surface area contributed by atoms with Crippen LogP contribution in [0.2, 0.25) is 0 Å². The average Bonchev–Trinajstić information content (AvgIpc) is 3.23. The maximum atomic E-state index is 5.76. The number of guanidine groups is 1. The fourth-order valence-corrected chi connectivity index (χ4v) is 3.04. The molecule has 1 aliphatic heterocycles. The molecule has 0 radical (unpaired) electrons. The van der Waals surface area contributed by atoms with Crippen molar-refractivity contribution in [3.8, 4) is 11.5 Å². The van der Waals surface area contributed by atoms with Crippen molar-refractivity contribution in [2.24, 2.45) is 4.99 Å². The summed E-state index contributed by atoms with van der Waals surface area (Å²) >= 11 is 0. The molecule has 166 valence electrons. The lowest BCUT2D eigenvalue weighted by Crippen LogP contribution is -2.38. The average molecular weight is 521 g/mol. The summed E-state index contributed by atoms with van der Waals surface area (Å²) in [4.78, 5) is 4.27. The van der Waals surface area contributed by atoms with Crippen LogP contribution in [-0.4, -0.2) is 65.7 Å². The summed E-state index contributed by atoms with van der Waals surface area (Å²) in [5, 5.41) is 6.68. The topological polar surface area (TPSA) is 73.3 Å². The predicted octanol–water partition coefficient (Wildman–Crippen LogP) is 3.01. The van der Waals surface area contributed by atoms with E-state index in [0.717, 1.165) is 76.1 Å². The Morgan fingerprint density at radius 3 is 2.66 bits per heavy atom. The molecule has 0 saturated carbocycles. The van der Waals surface area contributed by atoms with E-state index in [4.69, 9.17) is 18.9 Å². The van der Waals surface area contributed by atoms with Gasteiger partial charge in [0.05, 0.1) is 26.4 Å². The Hall–Kier alpha value is -1.26. The number of nitrogens with one attached hydrogen (secondary N) is 2. The lowest BCUT2D eigenvalue weighted by Gasteiger charge is -2.14. The molecular formula is C21H36IN3O4. The third-order valence-electron chi connectivity index (χ3n) is 4.54. The van der Waals surface area contributed by atoms with Gasteiger partial charge in [0.1, 0.15) is 0 Å². The van der Waals surface area contributed by atoms with E-state index in [1.165, 1.54) is 5.56 Å². The molecule has 8 heteroatoms. The minimum Gasteiger partial charge on any atom is -0.493 e.